The van der Waals surface area contributed by atoms with Gasteiger partial charge in [0.25, 0.3) is 5.91 Å². The highest BCUT2D eigenvalue weighted by Gasteiger charge is 2.47. The van der Waals surface area contributed by atoms with Gasteiger partial charge in [0.1, 0.15) is 42.7 Å². The summed E-state index contributed by atoms with van der Waals surface area (Å²) >= 11 is 0. The second kappa shape index (κ2) is 11.9. The van der Waals surface area contributed by atoms with Crippen LogP contribution in [0.5, 0.6) is 0 Å². The number of rotatable bonds is 11. The minimum Gasteiger partial charge on any atom is -0.394 e. The third-order valence-electron chi connectivity index (χ3n) is 4.31. The monoisotopic (exact) mass is 414 g/mol. The van der Waals surface area contributed by atoms with Gasteiger partial charge in [-0.1, -0.05) is 0 Å². The van der Waals surface area contributed by atoms with Gasteiger partial charge >= 0.3 is 0 Å². The van der Waals surface area contributed by atoms with E-state index in [9.17, 15) is 40.5 Å². The van der Waals surface area contributed by atoms with Crippen LogP contribution in [0.15, 0.2) is 0 Å². The molecule has 1 rings (SSSR count). The molecule has 1 saturated heterocycles. The first kappa shape index (κ1) is 25.1. The Morgan fingerprint density at radius 1 is 1.11 bits per heavy atom. The zero-order chi connectivity index (χ0) is 21.4. The minimum absolute atomic E-state index is 0.125. The molecular weight excluding hydrogens is 384 g/mol. The highest BCUT2D eigenvalue weighted by atomic mass is 16.7. The molecule has 0 aliphatic carbocycles. The molecule has 28 heavy (non-hydrogen) atoms. The molecule has 1 aliphatic rings. The molecule has 7 unspecified atom stereocenters. The molecule has 0 aromatic rings. The lowest BCUT2D eigenvalue weighted by molar-refractivity contribution is -0.326. The normalized spacial score (nSPS) is 32.4. The van der Waals surface area contributed by atoms with Crippen molar-refractivity contribution in [2.24, 2.45) is 5.73 Å². The Bertz CT molecular complexity index is 469. The molecule has 0 aromatic carbocycles. The van der Waals surface area contributed by atoms with Gasteiger partial charge < -0.3 is 61.4 Å². The Hall–Kier alpha value is -0.970. The van der Waals surface area contributed by atoms with Crippen LogP contribution in [0.2, 0.25) is 0 Å². The van der Waals surface area contributed by atoms with Crippen molar-refractivity contribution in [1.82, 2.24) is 5.32 Å². The van der Waals surface area contributed by atoms with Gasteiger partial charge in [-0.2, -0.15) is 0 Å². The van der Waals surface area contributed by atoms with E-state index in [4.69, 9.17) is 20.3 Å². The van der Waals surface area contributed by atoms with Crippen LogP contribution in [-0.4, -0.2) is 128 Å². The highest BCUT2D eigenvalue weighted by Crippen LogP contribution is 2.25. The number of hydrogen-bond donors (Lipinski definition) is 10. The predicted octanol–water partition coefficient (Wildman–Crippen LogP) is -6.29. The summed E-state index contributed by atoms with van der Waals surface area (Å²) in [5.41, 5.74) is 5.28. The maximum absolute atomic E-state index is 11.9. The second-order valence-corrected chi connectivity index (χ2v) is 6.42. The molecule has 0 spiro atoms. The van der Waals surface area contributed by atoms with E-state index in [0.717, 1.165) is 0 Å². The zero-order valence-corrected chi connectivity index (χ0v) is 15.1. The summed E-state index contributed by atoms with van der Waals surface area (Å²) in [6.45, 7) is -1.28. The number of nitrogens with one attached hydrogen (secondary N) is 1. The smallest absolute Gasteiger partial charge is 0.251 e. The van der Waals surface area contributed by atoms with Gasteiger partial charge in [0, 0.05) is 6.54 Å². The molecule has 0 saturated carbocycles. The van der Waals surface area contributed by atoms with E-state index in [0.29, 0.717) is 6.42 Å². The van der Waals surface area contributed by atoms with Gasteiger partial charge in [-0.15, -0.1) is 0 Å². The van der Waals surface area contributed by atoms with Gasteiger partial charge in [0.2, 0.25) is 0 Å². The quantitative estimate of drug-likeness (QED) is 0.142. The molecular formula is C15H30N2O11. The number of aliphatic hydroxyl groups excluding tert-OH is 8. The van der Waals surface area contributed by atoms with Crippen LogP contribution in [0.1, 0.15) is 6.42 Å². The summed E-state index contributed by atoms with van der Waals surface area (Å²) in [7, 11) is 0. The van der Waals surface area contributed by atoms with E-state index in [2.05, 4.69) is 5.32 Å². The lowest BCUT2D eigenvalue weighted by atomic mass is 9.98. The van der Waals surface area contributed by atoms with Crippen LogP contribution in [-0.2, 0) is 14.3 Å². The predicted molar refractivity (Wildman–Crippen MR) is 90.4 cm³/mol. The van der Waals surface area contributed by atoms with Crippen molar-refractivity contribution in [2.45, 2.75) is 61.5 Å². The van der Waals surface area contributed by atoms with Gasteiger partial charge in [0.05, 0.1) is 13.2 Å². The van der Waals surface area contributed by atoms with Crippen molar-refractivity contribution in [3.63, 3.8) is 0 Å². The number of nitrogens with two attached hydrogens (primary N) is 1. The topological polar surface area (TPSA) is 235 Å². The van der Waals surface area contributed by atoms with Crippen molar-refractivity contribution in [3.05, 3.63) is 0 Å². The molecule has 9 atom stereocenters. The number of carbonyl (C=O) groups is 1. The van der Waals surface area contributed by atoms with Crippen molar-refractivity contribution in [1.29, 1.82) is 0 Å². The first-order valence-corrected chi connectivity index (χ1v) is 8.78. The Morgan fingerprint density at radius 2 is 1.75 bits per heavy atom. The lowest BCUT2D eigenvalue weighted by Crippen LogP contribution is -2.62. The van der Waals surface area contributed by atoms with E-state index in [-0.39, 0.29) is 13.1 Å². The van der Waals surface area contributed by atoms with Crippen molar-refractivity contribution < 1.29 is 55.1 Å². The molecule has 166 valence electrons. The number of aliphatic hydroxyl groups is 8. The van der Waals surface area contributed by atoms with Gasteiger partial charge in [-0.05, 0) is 13.0 Å². The summed E-state index contributed by atoms with van der Waals surface area (Å²) in [6, 6.07) is 0. The molecule has 1 heterocycles. The fourth-order valence-electron chi connectivity index (χ4n) is 2.59. The average Bonchev–Trinajstić information content (AvgIpc) is 2.70. The Morgan fingerprint density at radius 3 is 2.29 bits per heavy atom. The maximum Gasteiger partial charge on any atom is 0.251 e. The fraction of sp³-hybridized carbons (Fsp3) is 0.933. The molecule has 0 bridgehead atoms. The molecule has 1 fully saturated rings. The van der Waals surface area contributed by atoms with E-state index >= 15 is 0 Å². The number of amides is 1. The third-order valence-corrected chi connectivity index (χ3v) is 4.31. The fourth-order valence-corrected chi connectivity index (χ4v) is 2.59. The van der Waals surface area contributed by atoms with Crippen LogP contribution in [0.25, 0.3) is 0 Å². The van der Waals surface area contributed by atoms with E-state index in [1.165, 1.54) is 0 Å². The van der Waals surface area contributed by atoms with Crippen molar-refractivity contribution >= 4 is 5.91 Å². The lowest BCUT2D eigenvalue weighted by Gasteiger charge is -2.42. The number of carbonyl (C=O) groups excluding carboxylic acids is 1. The van der Waals surface area contributed by atoms with Crippen molar-refractivity contribution in [2.75, 3.05) is 26.3 Å². The third kappa shape index (κ3) is 6.27. The van der Waals surface area contributed by atoms with Gasteiger partial charge in [0.15, 0.2) is 12.4 Å². The average molecular weight is 414 g/mol. The summed E-state index contributed by atoms with van der Waals surface area (Å²) in [5.74, 6) is -0.992. The standard InChI is InChI=1S/C15H30N2O11/c16-2-1-3-17-14(26)11(24)10(23)13(6(20)4-18)28-15-12(25)9(22)8(21)7(5-19)27-15/h6-13,15,18-25H,1-5,16H2,(H,17,26)/t6?,7?,8-,9?,10?,11?,12?,13?,15-/m0/s1. The zero-order valence-electron chi connectivity index (χ0n) is 15.1. The minimum atomic E-state index is -2.08. The molecule has 1 aliphatic heterocycles. The maximum atomic E-state index is 11.9. The highest BCUT2D eigenvalue weighted by molar-refractivity contribution is 5.81. The molecule has 0 aromatic heterocycles. The second-order valence-electron chi connectivity index (χ2n) is 6.42. The molecule has 1 amide bonds. The number of ether oxygens (including phenoxy) is 2. The van der Waals surface area contributed by atoms with Crippen molar-refractivity contribution in [3.8, 4) is 0 Å². The first-order chi connectivity index (χ1) is 13.2. The van der Waals surface area contributed by atoms with Crippen LogP contribution in [0, 0.1) is 0 Å². The molecule has 13 heteroatoms. The molecule has 11 N–H and O–H groups in total. The van der Waals surface area contributed by atoms with E-state index in [1.54, 1.807) is 0 Å². The summed E-state index contributed by atoms with van der Waals surface area (Å²) in [6.07, 6.45) is -15.8. The molecule has 0 radical (unpaired) electrons. The summed E-state index contributed by atoms with van der Waals surface area (Å²) in [5, 5.41) is 80.2. The van der Waals surface area contributed by atoms with Crippen LogP contribution in [0.3, 0.4) is 0 Å². The van der Waals surface area contributed by atoms with E-state index < -0.39 is 74.2 Å². The van der Waals surface area contributed by atoms with Crippen LogP contribution in [0.4, 0.5) is 0 Å². The molecule has 13 nitrogen and oxygen atoms in total. The summed E-state index contributed by atoms with van der Waals surface area (Å²) in [4.78, 5) is 11.9. The Labute approximate surface area is 160 Å². The largest absolute Gasteiger partial charge is 0.394 e. The Kier molecular flexibility index (Phi) is 10.6. The van der Waals surface area contributed by atoms with Gasteiger partial charge in [-0.25, -0.2) is 0 Å². The Balaban J connectivity index is 2.88. The number of hydrogen-bond acceptors (Lipinski definition) is 12. The SMILES string of the molecule is NCCCNC(=O)C(O)C(O)C(O[C@@H]1OC(CO)[C@H](O)C(O)C1O)C(O)CO. The van der Waals surface area contributed by atoms with E-state index in [1.807, 2.05) is 0 Å². The van der Waals surface area contributed by atoms with Crippen LogP contribution >= 0.6 is 0 Å². The van der Waals surface area contributed by atoms with Crippen LogP contribution < -0.4 is 11.1 Å². The summed E-state index contributed by atoms with van der Waals surface area (Å²) < 4.78 is 10.3. The van der Waals surface area contributed by atoms with Gasteiger partial charge in [-0.3, -0.25) is 4.79 Å². The first-order valence-electron chi connectivity index (χ1n) is 8.78.